The first-order chi connectivity index (χ1) is 27.5. The van der Waals surface area contributed by atoms with Gasteiger partial charge in [0.15, 0.2) is 0 Å². The number of ether oxygens (including phenoxy) is 2. The molecule has 4 aromatic carbocycles. The second-order valence-electron chi connectivity index (χ2n) is 15.2. The van der Waals surface area contributed by atoms with Crippen LogP contribution in [-0.4, -0.2) is 80.4 Å². The molecule has 0 aromatic heterocycles. The Morgan fingerprint density at radius 3 is 1.24 bits per heavy atom. The molecule has 2 unspecified atom stereocenters. The fraction of sp³-hybridized carbons (Fsp3) is 0.378. The number of carboxylic acids is 2. The van der Waals surface area contributed by atoms with Crippen molar-refractivity contribution in [2.75, 3.05) is 17.7 Å². The van der Waals surface area contributed by atoms with Gasteiger partial charge in [-0.1, -0.05) is 96.1 Å². The van der Waals surface area contributed by atoms with Crippen molar-refractivity contribution in [2.24, 2.45) is 0 Å². The number of hydrogen-bond acceptors (Lipinski definition) is 10. The maximum atomic E-state index is 10.9. The van der Waals surface area contributed by atoms with Crippen molar-refractivity contribution in [3.8, 4) is 17.2 Å². The van der Waals surface area contributed by atoms with E-state index in [0.717, 1.165) is 12.8 Å². The molecule has 0 bridgehead atoms. The third-order valence-corrected chi connectivity index (χ3v) is 6.75. The second-order valence-corrected chi connectivity index (χ2v) is 24.2. The van der Waals surface area contributed by atoms with E-state index in [0.29, 0.717) is 12.1 Å². The van der Waals surface area contributed by atoms with Crippen LogP contribution in [0.1, 0.15) is 78.5 Å². The van der Waals surface area contributed by atoms with Crippen LogP contribution in [0.4, 0.5) is 11.4 Å². The van der Waals surface area contributed by atoms with Gasteiger partial charge >= 0.3 is 23.9 Å². The van der Waals surface area contributed by atoms with Gasteiger partial charge in [0.25, 0.3) is 0 Å². The SMILES string of the molecule is CC(=O)Oc1ccccc1C(=O)O.CCC(C)Nc1ccc(NC(C)CC)cc1.COC(=O)c1ccccc1O.C[Si](C)(C)C.C[Si](C)C.O=C(O)c1ccccc1O. The van der Waals surface area contributed by atoms with Crippen molar-refractivity contribution >= 4 is 52.1 Å². The van der Waals surface area contributed by atoms with Crippen LogP contribution >= 0.6 is 0 Å². The maximum Gasteiger partial charge on any atom is 0.341 e. The topological polar surface area (TPSA) is 192 Å². The van der Waals surface area contributed by atoms with Crippen molar-refractivity contribution < 1.29 is 49.1 Å². The average molecular weight is 852 g/mol. The number of rotatable bonds is 10. The molecule has 6 N–H and O–H groups in total. The number of phenols is 2. The normalized spacial score (nSPS) is 10.8. The van der Waals surface area contributed by atoms with Crippen molar-refractivity contribution in [1.29, 1.82) is 0 Å². The molecule has 12 nitrogen and oxygen atoms in total. The first-order valence-corrected chi connectivity index (χ1v) is 26.2. The summed E-state index contributed by atoms with van der Waals surface area (Å²) in [6.45, 7) is 26.1. The van der Waals surface area contributed by atoms with Crippen molar-refractivity contribution in [3.05, 3.63) is 114 Å². The molecule has 0 fully saturated rings. The van der Waals surface area contributed by atoms with E-state index in [2.05, 4.69) is 118 Å². The summed E-state index contributed by atoms with van der Waals surface area (Å²) < 4.78 is 9.11. The molecule has 0 aliphatic rings. The Labute approximate surface area is 354 Å². The van der Waals surface area contributed by atoms with E-state index < -0.39 is 32.0 Å². The number of aromatic hydroxyl groups is 2. The van der Waals surface area contributed by atoms with Gasteiger partial charge in [-0.25, -0.2) is 14.4 Å². The molecule has 59 heavy (non-hydrogen) atoms. The van der Waals surface area contributed by atoms with E-state index >= 15 is 0 Å². The summed E-state index contributed by atoms with van der Waals surface area (Å²) in [6, 6.07) is 27.6. The summed E-state index contributed by atoms with van der Waals surface area (Å²) in [5.74, 6) is -3.47. The number of carboxylic acid groups (broad SMARTS) is 2. The first-order valence-electron chi connectivity index (χ1n) is 19.2. The fourth-order valence-corrected chi connectivity index (χ4v) is 3.73. The molecule has 4 rings (SSSR count). The van der Waals surface area contributed by atoms with Crippen molar-refractivity contribution in [1.82, 2.24) is 0 Å². The van der Waals surface area contributed by atoms with E-state index in [1.165, 1.54) is 61.8 Å². The van der Waals surface area contributed by atoms with Crippen LogP contribution in [0.3, 0.4) is 0 Å². The van der Waals surface area contributed by atoms with Gasteiger partial charge in [-0.2, -0.15) is 0 Å². The molecule has 2 atom stereocenters. The third-order valence-electron chi connectivity index (χ3n) is 6.75. The Bertz CT molecular complexity index is 1770. The number of methoxy groups -OCH3 is 1. The number of benzene rings is 4. The lowest BCUT2D eigenvalue weighted by atomic mass is 10.2. The van der Waals surface area contributed by atoms with E-state index in [-0.39, 0.29) is 42.7 Å². The maximum absolute atomic E-state index is 10.9. The van der Waals surface area contributed by atoms with Crippen LogP contribution in [0.5, 0.6) is 17.2 Å². The van der Waals surface area contributed by atoms with Gasteiger partial charge in [0.1, 0.15) is 33.9 Å². The first kappa shape index (κ1) is 55.5. The van der Waals surface area contributed by atoms with Crippen molar-refractivity contribution in [2.45, 2.75) is 105 Å². The molecule has 4 aromatic rings. The van der Waals surface area contributed by atoms with Crippen LogP contribution in [0.2, 0.25) is 45.8 Å². The van der Waals surface area contributed by atoms with Gasteiger partial charge in [0.05, 0.1) is 7.11 Å². The average Bonchev–Trinajstić information content (AvgIpc) is 3.15. The molecular formula is C45H67N2O10Si2. The van der Waals surface area contributed by atoms with E-state index in [9.17, 15) is 19.2 Å². The van der Waals surface area contributed by atoms with E-state index in [4.69, 9.17) is 20.4 Å². The lowest BCUT2D eigenvalue weighted by Crippen LogP contribution is -2.14. The molecular weight excluding hydrogens is 785 g/mol. The molecule has 0 aliphatic heterocycles. The molecule has 1 radical (unpaired) electrons. The standard InChI is InChI=1S/C14H24N2.C9H8O4.C8H8O3.C7H6O3.C4H12Si.C3H9Si/c1-5-11(3)15-13-7-9-14(10-8-13)16-12(4)6-2;1-6(10)13-8-5-3-2-4-7(8)9(11)12;1-11-8(10)6-4-2-3-5-7(6)9;8-6-4-2-1-3-5(6)7(9)10;1-5(2,3)4;1-4(2)3/h7-12,15-16H,5-6H2,1-4H3;2-5H,1H3,(H,11,12);2-5,9H,1H3;1-4,8H,(H,9,10);1-4H3;1-3H3. The minimum atomic E-state index is -1.11. The summed E-state index contributed by atoms with van der Waals surface area (Å²) in [4.78, 5) is 42.3. The molecule has 0 amide bonds. The number of anilines is 2. The molecule has 0 aliphatic carbocycles. The number of hydrogen-bond donors (Lipinski definition) is 6. The third kappa shape index (κ3) is 29.3. The van der Waals surface area contributed by atoms with E-state index in [1.54, 1.807) is 36.4 Å². The molecule has 0 saturated heterocycles. The lowest BCUT2D eigenvalue weighted by molar-refractivity contribution is -0.131. The highest BCUT2D eigenvalue weighted by Gasteiger charge is 2.11. The minimum Gasteiger partial charge on any atom is -0.507 e. The zero-order valence-corrected chi connectivity index (χ0v) is 39.0. The summed E-state index contributed by atoms with van der Waals surface area (Å²) in [5, 5.41) is 42.0. The van der Waals surface area contributed by atoms with Gasteiger partial charge < -0.3 is 40.5 Å². The molecule has 14 heteroatoms. The highest BCUT2D eigenvalue weighted by Crippen LogP contribution is 2.19. The monoisotopic (exact) mass is 851 g/mol. The van der Waals surface area contributed by atoms with Gasteiger partial charge in [0.2, 0.25) is 0 Å². The molecule has 325 valence electrons. The number of para-hydroxylation sites is 3. The van der Waals surface area contributed by atoms with Crippen LogP contribution in [0.15, 0.2) is 97.1 Å². The quantitative estimate of drug-likeness (QED) is 0.0503. The second kappa shape index (κ2) is 30.5. The Morgan fingerprint density at radius 1 is 0.627 bits per heavy atom. The molecule has 0 heterocycles. The highest BCUT2D eigenvalue weighted by molar-refractivity contribution is 6.74. The Kier molecular flexibility index (Phi) is 28.7. The van der Waals surface area contributed by atoms with Gasteiger partial charge in [-0.3, -0.25) is 4.79 Å². The van der Waals surface area contributed by atoms with Gasteiger partial charge in [-0.15, -0.1) is 0 Å². The van der Waals surface area contributed by atoms with Gasteiger partial charge in [-0.05, 0) is 87.4 Å². The predicted molar refractivity (Wildman–Crippen MR) is 245 cm³/mol. The summed E-state index contributed by atoms with van der Waals surface area (Å²) in [7, 11) is 0.782. The minimum absolute atomic E-state index is 0.0160. The summed E-state index contributed by atoms with van der Waals surface area (Å²) in [5.41, 5.74) is 2.50. The number of carbonyl (C=O) groups is 4. The van der Waals surface area contributed by atoms with Gasteiger partial charge in [0, 0.05) is 47.3 Å². The Hall–Kier alpha value is -5.61. The Balaban J connectivity index is 0. The fourth-order valence-electron chi connectivity index (χ4n) is 3.73. The highest BCUT2D eigenvalue weighted by atomic mass is 28.3. The van der Waals surface area contributed by atoms with E-state index in [1.807, 2.05) is 0 Å². The zero-order chi connectivity index (χ0) is 45.7. The van der Waals surface area contributed by atoms with Crippen LogP contribution < -0.4 is 15.4 Å². The number of nitrogens with one attached hydrogen (secondary N) is 2. The summed E-state index contributed by atoms with van der Waals surface area (Å²) >= 11 is 0. The Morgan fingerprint density at radius 2 is 0.949 bits per heavy atom. The van der Waals surface area contributed by atoms with Crippen molar-refractivity contribution in [3.63, 3.8) is 0 Å². The molecule has 0 saturated carbocycles. The lowest BCUT2D eigenvalue weighted by Gasteiger charge is -2.15. The molecule has 0 spiro atoms. The number of carbonyl (C=O) groups excluding carboxylic acids is 2. The smallest absolute Gasteiger partial charge is 0.341 e. The number of aromatic carboxylic acids is 2. The zero-order valence-electron chi connectivity index (χ0n) is 37.0. The summed E-state index contributed by atoms with van der Waals surface area (Å²) in [6.07, 6.45) is 2.29. The number of esters is 2. The largest absolute Gasteiger partial charge is 0.507 e. The van der Waals surface area contributed by atoms with Crippen LogP contribution in [-0.2, 0) is 9.53 Å². The predicted octanol–water partition coefficient (Wildman–Crippen LogP) is 11.0. The van der Waals surface area contributed by atoms with Crippen LogP contribution in [0.25, 0.3) is 0 Å². The number of phenolic OH excluding ortho intramolecular Hbond substituents is 1. The van der Waals surface area contributed by atoms with Crippen LogP contribution in [0, 0.1) is 0 Å².